The van der Waals surface area contributed by atoms with Crippen molar-refractivity contribution in [3.63, 3.8) is 0 Å². The van der Waals surface area contributed by atoms with E-state index < -0.39 is 0 Å². The second-order valence-electron chi connectivity index (χ2n) is 5.12. The summed E-state index contributed by atoms with van der Waals surface area (Å²) in [4.78, 5) is 4.24. The van der Waals surface area contributed by atoms with Crippen LogP contribution >= 0.6 is 0 Å². The zero-order chi connectivity index (χ0) is 11.0. The lowest BCUT2D eigenvalue weighted by Gasteiger charge is -2.46. The number of aromatic nitrogens is 1. The molecule has 16 heavy (non-hydrogen) atoms. The molecule has 4 rings (SSSR count). The second-order valence-corrected chi connectivity index (χ2v) is 5.12. The maximum Gasteiger partial charge on any atom is 0.213 e. The van der Waals surface area contributed by atoms with Crippen LogP contribution in [0.3, 0.4) is 0 Å². The molecule has 2 saturated heterocycles. The van der Waals surface area contributed by atoms with Gasteiger partial charge in [0.2, 0.25) is 5.88 Å². The van der Waals surface area contributed by atoms with E-state index in [1.165, 1.54) is 24.8 Å². The third-order valence-electron chi connectivity index (χ3n) is 3.64. The Hall–Kier alpha value is -1.09. The van der Waals surface area contributed by atoms with Crippen LogP contribution in [0.4, 0.5) is 0 Å². The number of aryl methyl sites for hydroxylation is 1. The zero-order valence-corrected chi connectivity index (χ0v) is 9.65. The average molecular weight is 218 g/mol. The van der Waals surface area contributed by atoms with E-state index in [1.54, 1.807) is 0 Å². The fraction of sp³-hybridized carbons (Fsp3) is 0.615. The summed E-state index contributed by atoms with van der Waals surface area (Å²) in [5, 5.41) is 3.61. The van der Waals surface area contributed by atoms with Gasteiger partial charge in [-0.3, -0.25) is 0 Å². The highest BCUT2D eigenvalue weighted by molar-refractivity contribution is 5.16. The van der Waals surface area contributed by atoms with Crippen LogP contribution in [0, 0.1) is 12.8 Å². The van der Waals surface area contributed by atoms with Crippen molar-refractivity contribution in [3.8, 4) is 5.88 Å². The molecule has 3 nitrogen and oxygen atoms in total. The van der Waals surface area contributed by atoms with Gasteiger partial charge in [-0.05, 0) is 37.7 Å². The van der Waals surface area contributed by atoms with Gasteiger partial charge in [0, 0.05) is 24.3 Å². The normalized spacial score (nSPS) is 31.9. The Morgan fingerprint density at radius 2 is 2.25 bits per heavy atom. The maximum absolute atomic E-state index is 5.70. The molecule has 0 radical (unpaired) electrons. The van der Waals surface area contributed by atoms with E-state index in [0.29, 0.717) is 6.04 Å². The van der Waals surface area contributed by atoms with Gasteiger partial charge in [-0.1, -0.05) is 6.07 Å². The molecule has 1 N–H and O–H groups in total. The molecular formula is C13H18N2O. The van der Waals surface area contributed by atoms with E-state index in [1.807, 2.05) is 25.3 Å². The Kier molecular flexibility index (Phi) is 2.56. The van der Waals surface area contributed by atoms with E-state index in [0.717, 1.165) is 24.4 Å². The van der Waals surface area contributed by atoms with Crippen LogP contribution in [0.25, 0.3) is 0 Å². The molecule has 3 heterocycles. The molecule has 3 aliphatic rings. The number of nitrogens with zero attached hydrogens (tertiary/aromatic N) is 1. The molecule has 86 valence electrons. The highest BCUT2D eigenvalue weighted by atomic mass is 16.5. The summed E-state index contributed by atoms with van der Waals surface area (Å²) in [6.07, 6.45) is 5.86. The van der Waals surface area contributed by atoms with Crippen LogP contribution in [-0.4, -0.2) is 23.7 Å². The number of nitrogens with one attached hydrogen (secondary N) is 1. The summed E-state index contributed by atoms with van der Waals surface area (Å²) in [5.74, 6) is 1.69. The maximum atomic E-state index is 5.70. The number of fused-ring (bicyclic) bond motifs is 2. The van der Waals surface area contributed by atoms with Crippen molar-refractivity contribution in [1.82, 2.24) is 10.3 Å². The van der Waals surface area contributed by atoms with Gasteiger partial charge >= 0.3 is 0 Å². The van der Waals surface area contributed by atoms with Crippen molar-refractivity contribution in [2.24, 2.45) is 5.92 Å². The average Bonchev–Trinajstić information content (AvgIpc) is 2.28. The smallest absolute Gasteiger partial charge is 0.213 e. The minimum absolute atomic E-state index is 0.528. The Morgan fingerprint density at radius 3 is 2.88 bits per heavy atom. The first-order chi connectivity index (χ1) is 7.79. The third-order valence-corrected chi connectivity index (χ3v) is 3.64. The molecule has 0 spiro atoms. The quantitative estimate of drug-likeness (QED) is 0.841. The highest BCUT2D eigenvalue weighted by Crippen LogP contribution is 2.36. The second kappa shape index (κ2) is 4.06. The zero-order valence-electron chi connectivity index (χ0n) is 9.65. The first kappa shape index (κ1) is 10.1. The highest BCUT2D eigenvalue weighted by Gasteiger charge is 2.37. The number of hydrogen-bond donors (Lipinski definition) is 1. The molecular weight excluding hydrogens is 200 g/mol. The lowest BCUT2D eigenvalue weighted by molar-refractivity contribution is 0.0888. The number of hydrogen-bond acceptors (Lipinski definition) is 3. The topological polar surface area (TPSA) is 34.1 Å². The van der Waals surface area contributed by atoms with Crippen molar-refractivity contribution in [1.29, 1.82) is 0 Å². The summed E-state index contributed by atoms with van der Waals surface area (Å²) >= 11 is 0. The number of pyridine rings is 1. The van der Waals surface area contributed by atoms with Crippen molar-refractivity contribution in [2.45, 2.75) is 38.3 Å². The molecule has 2 aliphatic heterocycles. The molecule has 1 aromatic rings. The van der Waals surface area contributed by atoms with Crippen LogP contribution in [0.2, 0.25) is 0 Å². The van der Waals surface area contributed by atoms with Crippen molar-refractivity contribution in [3.05, 3.63) is 23.9 Å². The van der Waals surface area contributed by atoms with Gasteiger partial charge in [-0.2, -0.15) is 0 Å². The van der Waals surface area contributed by atoms with Crippen molar-refractivity contribution < 1.29 is 4.74 Å². The van der Waals surface area contributed by atoms with Gasteiger partial charge in [0.15, 0.2) is 0 Å². The van der Waals surface area contributed by atoms with Gasteiger partial charge in [0.05, 0.1) is 0 Å². The summed E-state index contributed by atoms with van der Waals surface area (Å²) in [5.41, 5.74) is 1.17. The fourth-order valence-corrected chi connectivity index (χ4v) is 2.71. The largest absolute Gasteiger partial charge is 0.476 e. The number of ether oxygens (including phenoxy) is 1. The van der Waals surface area contributed by atoms with Gasteiger partial charge in [0.25, 0.3) is 0 Å². The van der Waals surface area contributed by atoms with E-state index in [9.17, 15) is 0 Å². The summed E-state index contributed by atoms with van der Waals surface area (Å²) < 4.78 is 5.70. The van der Waals surface area contributed by atoms with E-state index in [4.69, 9.17) is 4.74 Å². The van der Waals surface area contributed by atoms with Crippen LogP contribution in [0.5, 0.6) is 5.88 Å². The van der Waals surface area contributed by atoms with E-state index in [-0.39, 0.29) is 0 Å². The van der Waals surface area contributed by atoms with Crippen LogP contribution in [0.1, 0.15) is 24.8 Å². The first-order valence-corrected chi connectivity index (χ1v) is 6.11. The van der Waals surface area contributed by atoms with Crippen LogP contribution < -0.4 is 10.1 Å². The molecule has 3 fully saturated rings. The van der Waals surface area contributed by atoms with Gasteiger partial charge in [-0.15, -0.1) is 0 Å². The fourth-order valence-electron chi connectivity index (χ4n) is 2.71. The molecule has 0 aromatic carbocycles. The lowest BCUT2D eigenvalue weighted by atomic mass is 9.72. The molecule has 1 aliphatic carbocycles. The molecule has 1 aromatic heterocycles. The molecule has 1 atom stereocenters. The number of piperidine rings is 2. The molecule has 1 unspecified atom stereocenters. The minimum atomic E-state index is 0.528. The van der Waals surface area contributed by atoms with Gasteiger partial charge in [-0.25, -0.2) is 4.98 Å². The molecule has 3 heteroatoms. The number of rotatable bonds is 3. The Balaban J connectivity index is 1.51. The molecule has 2 bridgehead atoms. The Labute approximate surface area is 96.2 Å². The summed E-state index contributed by atoms with van der Waals surface area (Å²) in [6, 6.07) is 5.27. The van der Waals surface area contributed by atoms with Crippen LogP contribution in [0.15, 0.2) is 18.3 Å². The summed E-state index contributed by atoms with van der Waals surface area (Å²) in [6.45, 7) is 2.79. The van der Waals surface area contributed by atoms with Gasteiger partial charge in [0.1, 0.15) is 6.61 Å². The Bertz CT molecular complexity index is 347. The van der Waals surface area contributed by atoms with Crippen molar-refractivity contribution in [2.75, 3.05) is 6.61 Å². The lowest BCUT2D eigenvalue weighted by Crippen LogP contribution is -2.55. The van der Waals surface area contributed by atoms with Crippen molar-refractivity contribution >= 4 is 0 Å². The first-order valence-electron chi connectivity index (χ1n) is 6.11. The minimum Gasteiger partial charge on any atom is -0.476 e. The van der Waals surface area contributed by atoms with E-state index in [2.05, 4.69) is 10.3 Å². The standard InChI is InChI=1S/C13H18N2O/c1-9-2-3-13(14-7-9)16-8-12-6-10-4-11(5-10)15-12/h2-3,7,10-12,15H,4-6,8H2,1H3. The monoisotopic (exact) mass is 218 g/mol. The van der Waals surface area contributed by atoms with E-state index >= 15 is 0 Å². The molecule has 0 amide bonds. The van der Waals surface area contributed by atoms with Gasteiger partial charge < -0.3 is 10.1 Å². The Morgan fingerprint density at radius 1 is 1.38 bits per heavy atom. The molecule has 1 saturated carbocycles. The summed E-state index contributed by atoms with van der Waals surface area (Å²) in [7, 11) is 0. The SMILES string of the molecule is Cc1ccc(OCC2CC3CC(C3)N2)nc1. The predicted molar refractivity (Wildman–Crippen MR) is 62.5 cm³/mol. The predicted octanol–water partition coefficient (Wildman–Crippen LogP) is 1.91. The van der Waals surface area contributed by atoms with Crippen LogP contribution in [-0.2, 0) is 0 Å². The third kappa shape index (κ3) is 2.05.